The van der Waals surface area contributed by atoms with Crippen LogP contribution in [-0.2, 0) is 0 Å². The molecule has 0 amide bonds. The van der Waals surface area contributed by atoms with Crippen LogP contribution in [0.2, 0.25) is 0 Å². The smallest absolute Gasteiger partial charge is 0.124 e. The van der Waals surface area contributed by atoms with E-state index < -0.39 is 0 Å². The molecule has 1 aromatic heterocycles. The Morgan fingerprint density at radius 2 is 1.83 bits per heavy atom. The zero-order chi connectivity index (χ0) is 13.3. The minimum Gasteiger partial charge on any atom is -0.496 e. The van der Waals surface area contributed by atoms with E-state index in [0.29, 0.717) is 0 Å². The predicted molar refractivity (Wildman–Crippen MR) is 82.2 cm³/mol. The van der Waals surface area contributed by atoms with E-state index in [1.54, 1.807) is 18.4 Å². The molecule has 1 unspecified atom stereocenters. The first-order chi connectivity index (χ1) is 8.52. The minimum absolute atomic E-state index is 0.107. The quantitative estimate of drug-likeness (QED) is 0.671. The summed E-state index contributed by atoms with van der Waals surface area (Å²) in [4.78, 5) is 1.15. The van der Waals surface area contributed by atoms with Gasteiger partial charge in [0, 0.05) is 4.88 Å². The van der Waals surface area contributed by atoms with E-state index in [0.717, 1.165) is 31.1 Å². The molecule has 18 heavy (non-hydrogen) atoms. The van der Waals surface area contributed by atoms with Crippen LogP contribution < -0.4 is 4.74 Å². The van der Waals surface area contributed by atoms with Gasteiger partial charge in [0.25, 0.3) is 0 Å². The van der Waals surface area contributed by atoms with Gasteiger partial charge in [-0.3, -0.25) is 0 Å². The van der Waals surface area contributed by atoms with E-state index in [-0.39, 0.29) is 5.38 Å². The molecule has 0 aliphatic rings. The standard InChI is InChI=1S/C14H14BrClOS/c1-8-6-10(7-9(2)14(8)17-3)13(16)11-4-5-12(15)18-11/h4-7,13H,1-3H3. The summed E-state index contributed by atoms with van der Waals surface area (Å²) in [6, 6.07) is 8.27. The number of hydrogen-bond donors (Lipinski definition) is 0. The summed E-state index contributed by atoms with van der Waals surface area (Å²) in [5.41, 5.74) is 3.35. The molecule has 96 valence electrons. The molecular weight excluding hydrogens is 332 g/mol. The summed E-state index contributed by atoms with van der Waals surface area (Å²) in [6.07, 6.45) is 0. The fourth-order valence-corrected chi connectivity index (χ4v) is 3.84. The van der Waals surface area contributed by atoms with Gasteiger partial charge in [0.15, 0.2) is 0 Å². The van der Waals surface area contributed by atoms with Gasteiger partial charge in [0.2, 0.25) is 0 Å². The zero-order valence-corrected chi connectivity index (χ0v) is 13.6. The molecule has 0 saturated heterocycles. The second-order valence-electron chi connectivity index (χ2n) is 4.19. The third kappa shape index (κ3) is 2.73. The molecule has 1 heterocycles. The lowest BCUT2D eigenvalue weighted by atomic mass is 10.0. The van der Waals surface area contributed by atoms with Gasteiger partial charge in [-0.25, -0.2) is 0 Å². The van der Waals surface area contributed by atoms with Crippen LogP contribution in [0.15, 0.2) is 28.1 Å². The highest BCUT2D eigenvalue weighted by atomic mass is 79.9. The Morgan fingerprint density at radius 1 is 1.22 bits per heavy atom. The second-order valence-corrected chi connectivity index (χ2v) is 7.12. The molecule has 0 saturated carbocycles. The average molecular weight is 346 g/mol. The van der Waals surface area contributed by atoms with Crippen LogP contribution in [0.5, 0.6) is 5.75 Å². The average Bonchev–Trinajstić information content (AvgIpc) is 2.74. The van der Waals surface area contributed by atoms with Crippen molar-refractivity contribution in [3.8, 4) is 5.75 Å². The molecule has 0 aliphatic carbocycles. The number of thiophene rings is 1. The molecule has 1 nitrogen and oxygen atoms in total. The summed E-state index contributed by atoms with van der Waals surface area (Å²) < 4.78 is 6.47. The van der Waals surface area contributed by atoms with E-state index in [9.17, 15) is 0 Å². The van der Waals surface area contributed by atoms with Gasteiger partial charge in [0.05, 0.1) is 16.3 Å². The Hall–Kier alpha value is -0.510. The van der Waals surface area contributed by atoms with Crippen LogP contribution in [0.3, 0.4) is 0 Å². The van der Waals surface area contributed by atoms with Crippen molar-refractivity contribution in [2.75, 3.05) is 7.11 Å². The van der Waals surface area contributed by atoms with Crippen molar-refractivity contribution < 1.29 is 4.74 Å². The number of hydrogen-bond acceptors (Lipinski definition) is 2. The van der Waals surface area contributed by atoms with E-state index in [4.69, 9.17) is 16.3 Å². The first-order valence-electron chi connectivity index (χ1n) is 5.57. The van der Waals surface area contributed by atoms with Crippen LogP contribution in [0, 0.1) is 13.8 Å². The highest BCUT2D eigenvalue weighted by Gasteiger charge is 2.15. The molecular formula is C14H14BrClOS. The van der Waals surface area contributed by atoms with Gasteiger partial charge in [0.1, 0.15) is 5.75 Å². The topological polar surface area (TPSA) is 9.23 Å². The molecule has 0 N–H and O–H groups in total. The molecule has 4 heteroatoms. The summed E-state index contributed by atoms with van der Waals surface area (Å²) in [5.74, 6) is 0.940. The SMILES string of the molecule is COc1c(C)cc(C(Cl)c2ccc(Br)s2)cc1C. The fraction of sp³-hybridized carbons (Fsp3) is 0.286. The maximum Gasteiger partial charge on any atom is 0.124 e. The Morgan fingerprint density at radius 3 is 2.28 bits per heavy atom. The van der Waals surface area contributed by atoms with Crippen LogP contribution in [0.1, 0.15) is 26.9 Å². The second kappa shape index (κ2) is 5.64. The maximum absolute atomic E-state index is 6.53. The third-order valence-corrected chi connectivity index (χ3v) is 5.13. The fourth-order valence-electron chi connectivity index (χ4n) is 2.08. The zero-order valence-electron chi connectivity index (χ0n) is 10.5. The van der Waals surface area contributed by atoms with Crippen molar-refractivity contribution in [3.63, 3.8) is 0 Å². The third-order valence-electron chi connectivity index (χ3n) is 2.82. The molecule has 2 aromatic rings. The molecule has 0 spiro atoms. The van der Waals surface area contributed by atoms with Gasteiger partial charge in [-0.2, -0.15) is 0 Å². The summed E-state index contributed by atoms with van der Waals surface area (Å²) in [7, 11) is 1.70. The summed E-state index contributed by atoms with van der Waals surface area (Å²) >= 11 is 11.7. The normalized spacial score (nSPS) is 12.5. The van der Waals surface area contributed by atoms with Crippen molar-refractivity contribution in [1.82, 2.24) is 0 Å². The molecule has 2 rings (SSSR count). The lowest BCUT2D eigenvalue weighted by molar-refractivity contribution is 0.408. The van der Waals surface area contributed by atoms with E-state index in [1.807, 2.05) is 19.9 Å². The Bertz CT molecular complexity index is 542. The highest BCUT2D eigenvalue weighted by molar-refractivity contribution is 9.11. The number of aryl methyl sites for hydroxylation is 2. The Labute approximate surface area is 125 Å². The first kappa shape index (κ1) is 13.9. The number of halogens is 2. The van der Waals surface area contributed by atoms with Crippen LogP contribution in [0.25, 0.3) is 0 Å². The van der Waals surface area contributed by atoms with E-state index in [2.05, 4.69) is 34.1 Å². The first-order valence-corrected chi connectivity index (χ1v) is 7.62. The van der Waals surface area contributed by atoms with Gasteiger partial charge < -0.3 is 4.74 Å². The van der Waals surface area contributed by atoms with Crippen molar-refractivity contribution >= 4 is 38.9 Å². The largest absolute Gasteiger partial charge is 0.496 e. The van der Waals surface area contributed by atoms with Crippen molar-refractivity contribution in [3.05, 3.63) is 49.6 Å². The number of alkyl halides is 1. The maximum atomic E-state index is 6.53. The molecule has 0 fully saturated rings. The lowest BCUT2D eigenvalue weighted by Gasteiger charge is -2.14. The Kier molecular flexibility index (Phi) is 4.36. The molecule has 0 aliphatic heterocycles. The summed E-state index contributed by atoms with van der Waals surface area (Å²) in [5, 5.41) is -0.107. The van der Waals surface area contributed by atoms with Crippen LogP contribution in [0.4, 0.5) is 0 Å². The molecule has 1 aromatic carbocycles. The van der Waals surface area contributed by atoms with Crippen molar-refractivity contribution in [2.24, 2.45) is 0 Å². The number of ether oxygens (including phenoxy) is 1. The number of methoxy groups -OCH3 is 1. The predicted octanol–water partition coefficient (Wildman–Crippen LogP) is 5.46. The van der Waals surface area contributed by atoms with E-state index in [1.165, 1.54) is 0 Å². The van der Waals surface area contributed by atoms with Gasteiger partial charge in [-0.05, 0) is 58.6 Å². The van der Waals surface area contributed by atoms with Crippen molar-refractivity contribution in [2.45, 2.75) is 19.2 Å². The van der Waals surface area contributed by atoms with Crippen molar-refractivity contribution in [1.29, 1.82) is 0 Å². The highest BCUT2D eigenvalue weighted by Crippen LogP contribution is 2.37. The monoisotopic (exact) mass is 344 g/mol. The van der Waals surface area contributed by atoms with E-state index >= 15 is 0 Å². The van der Waals surface area contributed by atoms with Crippen LogP contribution >= 0.6 is 38.9 Å². The number of benzene rings is 1. The van der Waals surface area contributed by atoms with Gasteiger partial charge >= 0.3 is 0 Å². The van der Waals surface area contributed by atoms with Gasteiger partial charge in [-0.1, -0.05) is 12.1 Å². The molecule has 0 radical (unpaired) electrons. The lowest BCUT2D eigenvalue weighted by Crippen LogP contribution is -1.96. The molecule has 1 atom stereocenters. The summed E-state index contributed by atoms with van der Waals surface area (Å²) in [6.45, 7) is 4.09. The number of rotatable bonds is 3. The van der Waals surface area contributed by atoms with Crippen LogP contribution in [-0.4, -0.2) is 7.11 Å². The molecule has 0 bridgehead atoms. The minimum atomic E-state index is -0.107. The van der Waals surface area contributed by atoms with Gasteiger partial charge in [-0.15, -0.1) is 22.9 Å². The Balaban J connectivity index is 2.40.